The largest absolute Gasteiger partial charge is 0.508 e. The molecule has 0 saturated heterocycles. The number of phenols is 1. The van der Waals surface area contributed by atoms with Gasteiger partial charge in [-0.05, 0) is 31.2 Å². The molecule has 0 aliphatic heterocycles. The molecule has 0 amide bonds. The highest BCUT2D eigenvalue weighted by atomic mass is 16.5. The Morgan fingerprint density at radius 2 is 1.72 bits per heavy atom. The van der Waals surface area contributed by atoms with Gasteiger partial charge in [0.1, 0.15) is 11.9 Å². The minimum absolute atomic E-state index is 0.142. The molecule has 6 heteroatoms. The Kier molecular flexibility index (Phi) is 8.55. The fourth-order valence-electron chi connectivity index (χ4n) is 0.870. The molecule has 0 aromatic heterocycles. The molecule has 0 atom stereocenters. The summed E-state index contributed by atoms with van der Waals surface area (Å²) in [4.78, 5) is 11.1. The Morgan fingerprint density at radius 3 is 2.06 bits per heavy atom. The zero-order chi connectivity index (χ0) is 14.0. The lowest BCUT2D eigenvalue weighted by molar-refractivity contribution is 0.0450. The van der Waals surface area contributed by atoms with E-state index in [0.717, 1.165) is 0 Å². The van der Waals surface area contributed by atoms with Gasteiger partial charge in [0.2, 0.25) is 0 Å². The molecule has 102 valence electrons. The maximum absolute atomic E-state index is 11.1. The molecule has 0 bridgehead atoms. The number of aromatic hydroxyl groups is 1. The number of ether oxygens (including phenoxy) is 1. The van der Waals surface area contributed by atoms with Gasteiger partial charge in [-0.3, -0.25) is 0 Å². The van der Waals surface area contributed by atoms with Gasteiger partial charge in [0.25, 0.3) is 0 Å². The first kappa shape index (κ1) is 16.4. The first-order valence-corrected chi connectivity index (χ1v) is 5.41. The number of carbonyl (C=O) groups excluding carboxylic acids is 1. The Bertz CT molecular complexity index is 331. The van der Waals surface area contributed by atoms with Crippen LogP contribution in [0.15, 0.2) is 24.3 Å². The second-order valence-electron chi connectivity index (χ2n) is 3.29. The molecule has 0 saturated carbocycles. The standard InChI is InChI=1S/C9H10O3.C3H8O3/c1-2-12-9(11)7-3-5-8(10)6-4-7;4-1-3(6)2-5/h3-6,10H,2H2,1H3;3-6H,1-2H2. The Morgan fingerprint density at radius 1 is 1.22 bits per heavy atom. The van der Waals surface area contributed by atoms with Gasteiger partial charge >= 0.3 is 5.97 Å². The maximum atomic E-state index is 11.1. The van der Waals surface area contributed by atoms with E-state index in [9.17, 15) is 4.79 Å². The highest BCUT2D eigenvalue weighted by molar-refractivity contribution is 5.89. The van der Waals surface area contributed by atoms with Gasteiger partial charge in [0, 0.05) is 0 Å². The van der Waals surface area contributed by atoms with Gasteiger partial charge in [-0.25, -0.2) is 4.79 Å². The van der Waals surface area contributed by atoms with Crippen molar-refractivity contribution in [2.45, 2.75) is 13.0 Å². The highest BCUT2D eigenvalue weighted by Crippen LogP contribution is 2.10. The van der Waals surface area contributed by atoms with Crippen LogP contribution in [0.4, 0.5) is 0 Å². The fraction of sp³-hybridized carbons (Fsp3) is 0.417. The van der Waals surface area contributed by atoms with E-state index in [-0.39, 0.29) is 24.9 Å². The normalized spacial score (nSPS) is 9.61. The third kappa shape index (κ3) is 6.85. The number of aliphatic hydroxyl groups is 3. The van der Waals surface area contributed by atoms with E-state index >= 15 is 0 Å². The van der Waals surface area contributed by atoms with Crippen molar-refractivity contribution >= 4 is 5.97 Å². The lowest BCUT2D eigenvalue weighted by Gasteiger charge is -2.00. The van der Waals surface area contributed by atoms with E-state index < -0.39 is 6.10 Å². The molecular weight excluding hydrogens is 240 g/mol. The summed E-state index contributed by atoms with van der Waals surface area (Å²) in [6, 6.07) is 5.94. The molecule has 0 unspecified atom stereocenters. The van der Waals surface area contributed by atoms with Gasteiger partial charge in [-0.15, -0.1) is 0 Å². The van der Waals surface area contributed by atoms with E-state index in [1.54, 1.807) is 6.92 Å². The number of aliphatic hydroxyl groups excluding tert-OH is 3. The van der Waals surface area contributed by atoms with Gasteiger partial charge in [0.05, 0.1) is 25.4 Å². The molecule has 1 aromatic carbocycles. The first-order valence-electron chi connectivity index (χ1n) is 5.41. The predicted molar refractivity (Wildman–Crippen MR) is 64.2 cm³/mol. The summed E-state index contributed by atoms with van der Waals surface area (Å²) >= 11 is 0. The van der Waals surface area contributed by atoms with Crippen LogP contribution in [0.1, 0.15) is 17.3 Å². The average Bonchev–Trinajstić information content (AvgIpc) is 2.39. The highest BCUT2D eigenvalue weighted by Gasteiger charge is 2.04. The molecule has 0 aliphatic carbocycles. The van der Waals surface area contributed by atoms with Gasteiger partial charge in [0.15, 0.2) is 0 Å². The molecule has 6 nitrogen and oxygen atoms in total. The molecular formula is C12H18O6. The van der Waals surface area contributed by atoms with E-state index in [2.05, 4.69) is 0 Å². The third-order valence-electron chi connectivity index (χ3n) is 1.80. The van der Waals surface area contributed by atoms with Crippen LogP contribution < -0.4 is 0 Å². The summed E-state index contributed by atoms with van der Waals surface area (Å²) < 4.78 is 4.75. The summed E-state index contributed by atoms with van der Waals surface area (Å²) in [5.74, 6) is -0.222. The molecule has 0 fully saturated rings. The van der Waals surface area contributed by atoms with Crippen molar-refractivity contribution in [3.63, 3.8) is 0 Å². The number of carbonyl (C=O) groups is 1. The maximum Gasteiger partial charge on any atom is 0.338 e. The molecule has 4 N–H and O–H groups in total. The topological polar surface area (TPSA) is 107 Å². The number of hydrogen-bond donors (Lipinski definition) is 4. The molecule has 0 aliphatic rings. The van der Waals surface area contributed by atoms with Crippen molar-refractivity contribution in [2.75, 3.05) is 19.8 Å². The molecule has 0 heterocycles. The zero-order valence-corrected chi connectivity index (χ0v) is 10.1. The minimum Gasteiger partial charge on any atom is -0.508 e. The van der Waals surface area contributed by atoms with Crippen LogP contribution in [0, 0.1) is 0 Å². The van der Waals surface area contributed by atoms with E-state index in [0.29, 0.717) is 12.2 Å². The van der Waals surface area contributed by atoms with Crippen LogP contribution in [-0.4, -0.2) is 52.3 Å². The van der Waals surface area contributed by atoms with Crippen molar-refractivity contribution in [1.29, 1.82) is 0 Å². The predicted octanol–water partition coefficient (Wildman–Crippen LogP) is -0.0992. The average molecular weight is 258 g/mol. The van der Waals surface area contributed by atoms with Gasteiger partial charge in [-0.2, -0.15) is 0 Å². The second kappa shape index (κ2) is 9.41. The molecule has 1 rings (SSSR count). The summed E-state index contributed by atoms with van der Waals surface area (Å²) in [6.45, 7) is 1.38. The lowest BCUT2D eigenvalue weighted by Crippen LogP contribution is -2.15. The SMILES string of the molecule is CCOC(=O)c1ccc(O)cc1.OCC(O)CO. The molecule has 0 spiro atoms. The van der Waals surface area contributed by atoms with Gasteiger partial charge in [-0.1, -0.05) is 0 Å². The van der Waals surface area contributed by atoms with Crippen molar-refractivity contribution in [3.8, 4) is 5.75 Å². The monoisotopic (exact) mass is 258 g/mol. The number of esters is 1. The van der Waals surface area contributed by atoms with Crippen LogP contribution in [0.2, 0.25) is 0 Å². The van der Waals surface area contributed by atoms with E-state index in [4.69, 9.17) is 25.2 Å². The number of phenolic OH excluding ortho intramolecular Hbond substituents is 1. The Hall–Kier alpha value is -1.63. The smallest absolute Gasteiger partial charge is 0.338 e. The van der Waals surface area contributed by atoms with E-state index in [1.807, 2.05) is 0 Å². The van der Waals surface area contributed by atoms with Crippen LogP contribution in [0.5, 0.6) is 5.75 Å². The zero-order valence-electron chi connectivity index (χ0n) is 10.1. The summed E-state index contributed by atoms with van der Waals surface area (Å²) in [5.41, 5.74) is 0.453. The van der Waals surface area contributed by atoms with Crippen molar-refractivity contribution in [3.05, 3.63) is 29.8 Å². The summed E-state index contributed by atoms with van der Waals surface area (Å²) in [6.07, 6.45) is -0.954. The number of benzene rings is 1. The number of hydrogen-bond acceptors (Lipinski definition) is 6. The van der Waals surface area contributed by atoms with Crippen molar-refractivity contribution in [1.82, 2.24) is 0 Å². The van der Waals surface area contributed by atoms with Gasteiger partial charge < -0.3 is 25.2 Å². The quantitative estimate of drug-likeness (QED) is 0.562. The summed E-state index contributed by atoms with van der Waals surface area (Å²) in [5, 5.41) is 32.9. The Labute approximate surface area is 105 Å². The first-order chi connectivity index (χ1) is 8.54. The Balaban J connectivity index is 0.000000411. The molecule has 18 heavy (non-hydrogen) atoms. The number of rotatable bonds is 4. The third-order valence-corrected chi connectivity index (χ3v) is 1.80. The fourth-order valence-corrected chi connectivity index (χ4v) is 0.870. The minimum atomic E-state index is -0.954. The summed E-state index contributed by atoms with van der Waals surface area (Å²) in [7, 11) is 0. The van der Waals surface area contributed by atoms with Crippen molar-refractivity contribution < 1.29 is 30.0 Å². The van der Waals surface area contributed by atoms with E-state index in [1.165, 1.54) is 24.3 Å². The van der Waals surface area contributed by atoms with Crippen LogP contribution in [0.25, 0.3) is 0 Å². The van der Waals surface area contributed by atoms with Crippen LogP contribution in [0.3, 0.4) is 0 Å². The van der Waals surface area contributed by atoms with Crippen LogP contribution in [-0.2, 0) is 4.74 Å². The molecule has 0 radical (unpaired) electrons. The lowest BCUT2D eigenvalue weighted by atomic mass is 10.2. The molecule has 1 aromatic rings. The van der Waals surface area contributed by atoms with Crippen molar-refractivity contribution in [2.24, 2.45) is 0 Å². The van der Waals surface area contributed by atoms with Crippen LogP contribution >= 0.6 is 0 Å². The second-order valence-corrected chi connectivity index (χ2v) is 3.29.